The standard InChI is InChI=1S/C17H30N2/c1-7-9-16(8-2)12-14(3)10-11-17(19-6)13-15(4)18-5/h7,9,12-13,15,18-19H,1,8,10-11H2,2-6H3/b14-12+,16-9-,17-13-. The van der Waals surface area contributed by atoms with Crippen LogP contribution in [-0.4, -0.2) is 20.1 Å². The van der Waals surface area contributed by atoms with E-state index >= 15 is 0 Å². The molecule has 0 aliphatic heterocycles. The molecule has 0 fully saturated rings. The maximum Gasteiger partial charge on any atom is 0.0238 e. The molecule has 0 aromatic heterocycles. The minimum Gasteiger partial charge on any atom is -0.392 e. The van der Waals surface area contributed by atoms with Crippen LogP contribution in [0.5, 0.6) is 0 Å². The number of allylic oxidation sites excluding steroid dienone is 6. The van der Waals surface area contributed by atoms with Gasteiger partial charge in [0.2, 0.25) is 0 Å². The van der Waals surface area contributed by atoms with Crippen molar-refractivity contribution in [3.8, 4) is 0 Å². The Morgan fingerprint density at radius 3 is 2.42 bits per heavy atom. The molecule has 0 heterocycles. The van der Waals surface area contributed by atoms with E-state index in [0.29, 0.717) is 6.04 Å². The molecule has 19 heavy (non-hydrogen) atoms. The van der Waals surface area contributed by atoms with Gasteiger partial charge in [0, 0.05) is 18.8 Å². The van der Waals surface area contributed by atoms with Gasteiger partial charge in [-0.3, -0.25) is 0 Å². The van der Waals surface area contributed by atoms with Gasteiger partial charge in [0.1, 0.15) is 0 Å². The smallest absolute Gasteiger partial charge is 0.0238 e. The van der Waals surface area contributed by atoms with Crippen LogP contribution in [0.2, 0.25) is 0 Å². The van der Waals surface area contributed by atoms with Crippen LogP contribution in [0, 0.1) is 0 Å². The van der Waals surface area contributed by atoms with E-state index in [2.05, 4.69) is 56.2 Å². The maximum atomic E-state index is 3.75. The van der Waals surface area contributed by atoms with Crippen LogP contribution < -0.4 is 10.6 Å². The summed E-state index contributed by atoms with van der Waals surface area (Å²) in [7, 11) is 3.97. The SMILES string of the molecule is C=C/C=C(\C=C(/C)CC/C(=C/C(C)NC)NC)CC. The molecule has 0 radical (unpaired) electrons. The molecular formula is C17H30N2. The highest BCUT2D eigenvalue weighted by Crippen LogP contribution is 2.14. The molecule has 1 atom stereocenters. The first-order chi connectivity index (χ1) is 9.07. The molecule has 1 unspecified atom stereocenters. The highest BCUT2D eigenvalue weighted by atomic mass is 14.9. The number of hydrogen-bond acceptors (Lipinski definition) is 2. The predicted octanol–water partition coefficient (Wildman–Crippen LogP) is 3.95. The zero-order valence-corrected chi connectivity index (χ0v) is 13.2. The van der Waals surface area contributed by atoms with Gasteiger partial charge in [-0.15, -0.1) is 0 Å². The third-order valence-electron chi connectivity index (χ3n) is 3.19. The zero-order valence-electron chi connectivity index (χ0n) is 13.2. The largest absolute Gasteiger partial charge is 0.392 e. The van der Waals surface area contributed by atoms with Gasteiger partial charge >= 0.3 is 0 Å². The van der Waals surface area contributed by atoms with Crippen LogP contribution in [0.4, 0.5) is 0 Å². The molecule has 2 nitrogen and oxygen atoms in total. The number of rotatable bonds is 9. The summed E-state index contributed by atoms with van der Waals surface area (Å²) in [5.74, 6) is 0. The summed E-state index contributed by atoms with van der Waals surface area (Å²) in [4.78, 5) is 0. The third-order valence-corrected chi connectivity index (χ3v) is 3.19. The minimum atomic E-state index is 0.401. The second-order valence-corrected chi connectivity index (χ2v) is 4.84. The van der Waals surface area contributed by atoms with Gasteiger partial charge in [-0.1, -0.05) is 37.3 Å². The normalized spacial score (nSPS) is 15.3. The lowest BCUT2D eigenvalue weighted by molar-refractivity contribution is 0.704. The lowest BCUT2D eigenvalue weighted by Gasteiger charge is -2.11. The van der Waals surface area contributed by atoms with Crippen molar-refractivity contribution in [2.45, 2.75) is 46.1 Å². The summed E-state index contributed by atoms with van der Waals surface area (Å²) >= 11 is 0. The second-order valence-electron chi connectivity index (χ2n) is 4.84. The fourth-order valence-electron chi connectivity index (χ4n) is 1.82. The molecule has 0 amide bonds. The first-order valence-corrected chi connectivity index (χ1v) is 7.11. The Balaban J connectivity index is 4.52. The van der Waals surface area contributed by atoms with Gasteiger partial charge in [-0.2, -0.15) is 0 Å². The molecule has 0 aromatic rings. The molecule has 0 rings (SSSR count). The number of hydrogen-bond donors (Lipinski definition) is 2. The van der Waals surface area contributed by atoms with Crippen LogP contribution in [0.25, 0.3) is 0 Å². The Hall–Kier alpha value is -1.28. The van der Waals surface area contributed by atoms with E-state index in [9.17, 15) is 0 Å². The van der Waals surface area contributed by atoms with Crippen LogP contribution in [-0.2, 0) is 0 Å². The third kappa shape index (κ3) is 8.44. The average Bonchev–Trinajstić information content (AvgIpc) is 2.42. The van der Waals surface area contributed by atoms with E-state index in [0.717, 1.165) is 19.3 Å². The Morgan fingerprint density at radius 1 is 1.26 bits per heavy atom. The zero-order chi connectivity index (χ0) is 14.7. The van der Waals surface area contributed by atoms with Gasteiger partial charge in [-0.05, 0) is 51.8 Å². The van der Waals surface area contributed by atoms with Crippen molar-refractivity contribution >= 4 is 0 Å². The molecule has 2 heteroatoms. The van der Waals surface area contributed by atoms with Gasteiger partial charge in [0.15, 0.2) is 0 Å². The minimum absolute atomic E-state index is 0.401. The van der Waals surface area contributed by atoms with Crippen molar-refractivity contribution in [1.82, 2.24) is 10.6 Å². The van der Waals surface area contributed by atoms with Crippen molar-refractivity contribution < 1.29 is 0 Å². The Labute approximate surface area is 119 Å². The summed E-state index contributed by atoms with van der Waals surface area (Å²) in [6.45, 7) is 10.3. The lowest BCUT2D eigenvalue weighted by Crippen LogP contribution is -2.21. The summed E-state index contributed by atoms with van der Waals surface area (Å²) in [6.07, 6.45) is 11.6. The highest BCUT2D eigenvalue weighted by Gasteiger charge is 2.00. The highest BCUT2D eigenvalue weighted by molar-refractivity contribution is 5.26. The fraction of sp³-hybridized carbons (Fsp3) is 0.529. The van der Waals surface area contributed by atoms with E-state index < -0.39 is 0 Å². The lowest BCUT2D eigenvalue weighted by atomic mass is 10.0. The molecule has 2 N–H and O–H groups in total. The summed E-state index contributed by atoms with van der Waals surface area (Å²) in [6, 6.07) is 0.401. The van der Waals surface area contributed by atoms with E-state index in [-0.39, 0.29) is 0 Å². The number of likely N-dealkylation sites (N-methyl/N-ethyl adjacent to an activating group) is 1. The molecule has 0 aromatic carbocycles. The van der Waals surface area contributed by atoms with Crippen molar-refractivity contribution in [2.75, 3.05) is 14.1 Å². The monoisotopic (exact) mass is 262 g/mol. The molecule has 0 saturated carbocycles. The fourth-order valence-corrected chi connectivity index (χ4v) is 1.82. The van der Waals surface area contributed by atoms with Crippen LogP contribution in [0.1, 0.15) is 40.0 Å². The van der Waals surface area contributed by atoms with Gasteiger partial charge in [-0.25, -0.2) is 0 Å². The quantitative estimate of drug-likeness (QED) is 0.615. The summed E-state index contributed by atoms with van der Waals surface area (Å²) < 4.78 is 0. The summed E-state index contributed by atoms with van der Waals surface area (Å²) in [5, 5.41) is 6.50. The average molecular weight is 262 g/mol. The second kappa shape index (κ2) is 10.6. The van der Waals surface area contributed by atoms with E-state index in [1.165, 1.54) is 16.8 Å². The first-order valence-electron chi connectivity index (χ1n) is 7.11. The van der Waals surface area contributed by atoms with Crippen LogP contribution >= 0.6 is 0 Å². The van der Waals surface area contributed by atoms with Gasteiger partial charge in [0.05, 0.1) is 0 Å². The predicted molar refractivity (Wildman–Crippen MR) is 87.2 cm³/mol. The molecule has 108 valence electrons. The summed E-state index contributed by atoms with van der Waals surface area (Å²) in [5.41, 5.74) is 4.04. The van der Waals surface area contributed by atoms with Crippen molar-refractivity contribution in [3.63, 3.8) is 0 Å². The van der Waals surface area contributed by atoms with Crippen molar-refractivity contribution in [3.05, 3.63) is 47.7 Å². The van der Waals surface area contributed by atoms with Gasteiger partial charge < -0.3 is 10.6 Å². The topological polar surface area (TPSA) is 24.1 Å². The number of nitrogens with one attached hydrogen (secondary N) is 2. The molecule has 0 spiro atoms. The molecule has 0 saturated heterocycles. The Morgan fingerprint density at radius 2 is 1.95 bits per heavy atom. The molecule has 0 aliphatic carbocycles. The molecule has 0 aliphatic rings. The van der Waals surface area contributed by atoms with Crippen LogP contribution in [0.3, 0.4) is 0 Å². The molecule has 0 bridgehead atoms. The first kappa shape index (κ1) is 17.7. The van der Waals surface area contributed by atoms with E-state index in [1.807, 2.05) is 20.2 Å². The molecular weight excluding hydrogens is 232 g/mol. The van der Waals surface area contributed by atoms with Gasteiger partial charge in [0.25, 0.3) is 0 Å². The Kier molecular flexibility index (Phi) is 9.91. The maximum absolute atomic E-state index is 3.75. The Bertz CT molecular complexity index is 348. The van der Waals surface area contributed by atoms with E-state index in [4.69, 9.17) is 0 Å². The van der Waals surface area contributed by atoms with Crippen molar-refractivity contribution in [1.29, 1.82) is 0 Å². The van der Waals surface area contributed by atoms with E-state index in [1.54, 1.807) is 0 Å². The van der Waals surface area contributed by atoms with Crippen LogP contribution in [0.15, 0.2) is 47.7 Å². The van der Waals surface area contributed by atoms with Crippen molar-refractivity contribution in [2.24, 2.45) is 0 Å².